The molecule has 2 unspecified atom stereocenters. The number of esters is 1. The zero-order valence-electron chi connectivity index (χ0n) is 15.9. The van der Waals surface area contributed by atoms with Crippen molar-refractivity contribution < 1.29 is 23.1 Å². The van der Waals surface area contributed by atoms with Gasteiger partial charge in [-0.25, -0.2) is 18.4 Å². The van der Waals surface area contributed by atoms with Crippen molar-refractivity contribution in [3.8, 4) is 0 Å². The molecule has 0 saturated carbocycles. The fourth-order valence-electron chi connectivity index (χ4n) is 4.81. The Labute approximate surface area is 162 Å². The van der Waals surface area contributed by atoms with Crippen LogP contribution in [0, 0.1) is 11.6 Å². The highest BCUT2D eigenvalue weighted by molar-refractivity contribution is 6.01. The summed E-state index contributed by atoms with van der Waals surface area (Å²) < 4.78 is 32.8. The van der Waals surface area contributed by atoms with E-state index in [1.807, 2.05) is 4.90 Å². The number of urea groups is 1. The number of carbonyl (C=O) groups excluding carboxylic acids is 2. The molecule has 28 heavy (non-hydrogen) atoms. The summed E-state index contributed by atoms with van der Waals surface area (Å²) in [5, 5.41) is 0. The first kappa shape index (κ1) is 18.9. The molecule has 0 radical (unpaired) electrons. The summed E-state index contributed by atoms with van der Waals surface area (Å²) in [7, 11) is 1.28. The second kappa shape index (κ2) is 7.53. The Morgan fingerprint density at radius 2 is 1.86 bits per heavy atom. The van der Waals surface area contributed by atoms with Gasteiger partial charge in [0.25, 0.3) is 0 Å². The Hall–Kier alpha value is -2.44. The third-order valence-corrected chi connectivity index (χ3v) is 6.11. The monoisotopic (exact) mass is 390 g/mol. The van der Waals surface area contributed by atoms with Crippen LogP contribution >= 0.6 is 0 Å². The highest BCUT2D eigenvalue weighted by Gasteiger charge is 2.48. The largest absolute Gasteiger partial charge is 0.466 e. The average molecular weight is 390 g/mol. The van der Waals surface area contributed by atoms with Gasteiger partial charge in [-0.2, -0.15) is 0 Å². The molecule has 5 nitrogen and oxygen atoms in total. The molecular weight excluding hydrogens is 366 g/mol. The number of carbonyl (C=O) groups is 2. The van der Waals surface area contributed by atoms with Crippen molar-refractivity contribution in [1.82, 2.24) is 9.80 Å². The van der Waals surface area contributed by atoms with Gasteiger partial charge in [0.2, 0.25) is 0 Å². The number of methoxy groups -OCH3 is 1. The number of fused-ring (bicyclic) bond motifs is 2. The van der Waals surface area contributed by atoms with Crippen molar-refractivity contribution in [3.63, 3.8) is 0 Å². The van der Waals surface area contributed by atoms with E-state index in [9.17, 15) is 18.4 Å². The zero-order valence-corrected chi connectivity index (χ0v) is 15.9. The van der Waals surface area contributed by atoms with Crippen LogP contribution in [-0.2, 0) is 9.53 Å². The van der Waals surface area contributed by atoms with E-state index in [1.165, 1.54) is 19.2 Å². The minimum absolute atomic E-state index is 0.0489. The summed E-state index contributed by atoms with van der Waals surface area (Å²) in [5.74, 6) is -1.92. The number of amides is 2. The van der Waals surface area contributed by atoms with E-state index in [0.717, 1.165) is 44.8 Å². The van der Waals surface area contributed by atoms with Gasteiger partial charge in [0.05, 0.1) is 18.7 Å². The van der Waals surface area contributed by atoms with Gasteiger partial charge in [-0.15, -0.1) is 0 Å². The molecule has 2 atom stereocenters. The molecule has 2 fully saturated rings. The summed E-state index contributed by atoms with van der Waals surface area (Å²) in [4.78, 5) is 29.5. The molecule has 7 heteroatoms. The highest BCUT2D eigenvalue weighted by Crippen LogP contribution is 2.44. The van der Waals surface area contributed by atoms with Crippen molar-refractivity contribution in [2.75, 3.05) is 20.2 Å². The van der Waals surface area contributed by atoms with Crippen molar-refractivity contribution in [2.24, 2.45) is 0 Å². The van der Waals surface area contributed by atoms with E-state index in [4.69, 9.17) is 4.74 Å². The lowest BCUT2D eigenvalue weighted by Crippen LogP contribution is -2.53. The molecule has 1 aromatic rings. The van der Waals surface area contributed by atoms with E-state index >= 15 is 0 Å². The quantitative estimate of drug-likeness (QED) is 0.723. The molecule has 3 heterocycles. The number of rotatable bonds is 2. The maximum atomic E-state index is 14.5. The van der Waals surface area contributed by atoms with E-state index in [0.29, 0.717) is 24.0 Å². The van der Waals surface area contributed by atoms with Crippen LogP contribution in [-0.4, -0.2) is 54.1 Å². The van der Waals surface area contributed by atoms with Crippen molar-refractivity contribution in [2.45, 2.75) is 50.6 Å². The van der Waals surface area contributed by atoms with Gasteiger partial charge in [0.15, 0.2) is 0 Å². The van der Waals surface area contributed by atoms with Crippen molar-refractivity contribution in [3.05, 3.63) is 41.0 Å². The topological polar surface area (TPSA) is 49.9 Å². The molecule has 2 bridgehead atoms. The Balaban J connectivity index is 1.74. The number of benzene rings is 1. The Morgan fingerprint density at radius 1 is 1.11 bits per heavy atom. The first-order valence-corrected chi connectivity index (χ1v) is 9.85. The number of halogens is 2. The van der Waals surface area contributed by atoms with E-state index in [-0.39, 0.29) is 17.6 Å². The molecule has 3 aliphatic rings. The summed E-state index contributed by atoms with van der Waals surface area (Å²) in [6.07, 6.45) is 4.85. The van der Waals surface area contributed by atoms with Crippen LogP contribution in [0.3, 0.4) is 0 Å². The molecule has 2 saturated heterocycles. The standard InChI is InChI=1S/C21H24F2N2O3/c1-28-20(26)19-16(15-7-5-13(22)11-17(15)23)12-14-6-8-18(19)25(14)21(27)24-9-3-2-4-10-24/h5,7,11,14,18H,2-4,6,8-10,12H2,1H3. The fourth-order valence-corrected chi connectivity index (χ4v) is 4.81. The molecule has 150 valence electrons. The van der Waals surface area contributed by atoms with Gasteiger partial charge >= 0.3 is 12.0 Å². The van der Waals surface area contributed by atoms with E-state index in [2.05, 4.69) is 0 Å². The van der Waals surface area contributed by atoms with Crippen molar-refractivity contribution >= 4 is 17.6 Å². The predicted octanol–water partition coefficient (Wildman–Crippen LogP) is 3.73. The maximum absolute atomic E-state index is 14.5. The molecule has 3 aliphatic heterocycles. The van der Waals surface area contributed by atoms with Gasteiger partial charge in [0, 0.05) is 30.8 Å². The number of hydrogen-bond donors (Lipinski definition) is 0. The number of likely N-dealkylation sites (tertiary alicyclic amines) is 1. The van der Waals surface area contributed by atoms with E-state index in [1.54, 1.807) is 4.90 Å². The summed E-state index contributed by atoms with van der Waals surface area (Å²) in [5.41, 5.74) is 1.07. The third-order valence-electron chi connectivity index (χ3n) is 6.11. The molecule has 0 spiro atoms. The second-order valence-electron chi connectivity index (χ2n) is 7.70. The molecule has 0 aliphatic carbocycles. The van der Waals surface area contributed by atoms with Crippen LogP contribution in [0.5, 0.6) is 0 Å². The first-order chi connectivity index (χ1) is 13.5. The predicted molar refractivity (Wildman–Crippen MR) is 99.4 cm³/mol. The minimum Gasteiger partial charge on any atom is -0.466 e. The summed E-state index contributed by atoms with van der Waals surface area (Å²) in [6.45, 7) is 1.46. The highest BCUT2D eigenvalue weighted by atomic mass is 19.1. The third kappa shape index (κ3) is 3.16. The summed E-state index contributed by atoms with van der Waals surface area (Å²) >= 11 is 0. The lowest BCUT2D eigenvalue weighted by Gasteiger charge is -2.41. The van der Waals surface area contributed by atoms with Gasteiger partial charge in [-0.1, -0.05) is 0 Å². The van der Waals surface area contributed by atoms with E-state index < -0.39 is 23.6 Å². The fraction of sp³-hybridized carbons (Fsp3) is 0.524. The molecule has 4 rings (SSSR count). The van der Waals surface area contributed by atoms with Crippen LogP contribution in [0.25, 0.3) is 5.57 Å². The first-order valence-electron chi connectivity index (χ1n) is 9.85. The Kier molecular flexibility index (Phi) is 5.08. The molecule has 1 aromatic carbocycles. The minimum atomic E-state index is -0.702. The lowest BCUT2D eigenvalue weighted by molar-refractivity contribution is -0.136. The Bertz CT molecular complexity index is 833. The normalized spacial score (nSPS) is 24.5. The zero-order chi connectivity index (χ0) is 19.8. The number of hydrogen-bond acceptors (Lipinski definition) is 3. The van der Waals surface area contributed by atoms with Gasteiger partial charge in [-0.05, 0) is 56.2 Å². The summed E-state index contributed by atoms with van der Waals surface area (Å²) in [6, 6.07) is 2.81. The average Bonchev–Trinajstić information content (AvgIpc) is 3.01. The van der Waals surface area contributed by atoms with Crippen LogP contribution in [0.4, 0.5) is 13.6 Å². The number of ether oxygens (including phenoxy) is 1. The molecule has 0 aromatic heterocycles. The van der Waals surface area contributed by atoms with Crippen LogP contribution in [0.2, 0.25) is 0 Å². The number of piperidine rings is 1. The number of nitrogens with zero attached hydrogens (tertiary/aromatic N) is 2. The SMILES string of the molecule is COC(=O)C1=C(c2ccc(F)cc2F)CC2CCC1N2C(=O)N1CCCCC1. The smallest absolute Gasteiger partial charge is 0.336 e. The molecular formula is C21H24F2N2O3. The molecule has 0 N–H and O–H groups in total. The van der Waals surface area contributed by atoms with Crippen LogP contribution < -0.4 is 0 Å². The van der Waals surface area contributed by atoms with Crippen molar-refractivity contribution in [1.29, 1.82) is 0 Å². The lowest BCUT2D eigenvalue weighted by atomic mass is 9.88. The second-order valence-corrected chi connectivity index (χ2v) is 7.70. The van der Waals surface area contributed by atoms with Gasteiger partial charge in [-0.3, -0.25) is 0 Å². The van der Waals surface area contributed by atoms with Crippen LogP contribution in [0.15, 0.2) is 23.8 Å². The van der Waals surface area contributed by atoms with Gasteiger partial charge in [0.1, 0.15) is 11.6 Å². The van der Waals surface area contributed by atoms with Crippen LogP contribution in [0.1, 0.15) is 44.1 Å². The Morgan fingerprint density at radius 3 is 2.54 bits per heavy atom. The van der Waals surface area contributed by atoms with Gasteiger partial charge < -0.3 is 14.5 Å². The molecule has 2 amide bonds. The maximum Gasteiger partial charge on any atom is 0.336 e.